The number of phenolic OH excluding ortho intramolecular Hbond substituents is 1. The highest BCUT2D eigenvalue weighted by Gasteiger charge is 2.31. The van der Waals surface area contributed by atoms with Gasteiger partial charge in [-0.05, 0) is 18.2 Å². The third-order valence-corrected chi connectivity index (χ3v) is 2.76. The highest BCUT2D eigenvalue weighted by Crippen LogP contribution is 2.34. The highest BCUT2D eigenvalue weighted by atomic mass is 19.4. The van der Waals surface area contributed by atoms with Crippen LogP contribution < -0.4 is 0 Å². The molecule has 1 N–H and O–H groups in total. The predicted molar refractivity (Wildman–Crippen MR) is 71.6 cm³/mol. The molecule has 0 fully saturated rings. The van der Waals surface area contributed by atoms with Crippen molar-refractivity contribution >= 4 is 12.3 Å². The number of phenols is 1. The summed E-state index contributed by atoms with van der Waals surface area (Å²) in [5, 5.41) is 20.5. The minimum absolute atomic E-state index is 0.0292. The Bertz CT molecular complexity index is 840. The second-order valence-electron chi connectivity index (χ2n) is 4.41. The molecular formula is C13H8F3N5O2. The van der Waals surface area contributed by atoms with Crippen LogP contribution in [-0.4, -0.2) is 30.1 Å². The number of aromatic hydroxyl groups is 1. The third-order valence-electron chi connectivity index (χ3n) is 2.76. The lowest BCUT2D eigenvalue weighted by atomic mass is 10.1. The number of aromatic nitrogens is 5. The maximum Gasteiger partial charge on any atom is 0.416 e. The van der Waals surface area contributed by atoms with Gasteiger partial charge in [0.15, 0.2) is 5.82 Å². The second kappa shape index (κ2) is 5.55. The number of hydrogen-bond acceptors (Lipinski definition) is 6. The summed E-state index contributed by atoms with van der Waals surface area (Å²) in [6.07, 6.45) is 0.762. The van der Waals surface area contributed by atoms with Gasteiger partial charge in [0.1, 0.15) is 12.1 Å². The van der Waals surface area contributed by atoms with E-state index in [4.69, 9.17) is 4.42 Å². The molecule has 0 amide bonds. The molecule has 2 aromatic heterocycles. The number of rotatable bonds is 3. The zero-order chi connectivity index (χ0) is 16.4. The fourth-order valence-corrected chi connectivity index (χ4v) is 1.78. The van der Waals surface area contributed by atoms with Crippen molar-refractivity contribution in [1.82, 2.24) is 25.0 Å². The van der Waals surface area contributed by atoms with E-state index in [2.05, 4.69) is 20.3 Å². The molecule has 0 atom stereocenters. The summed E-state index contributed by atoms with van der Waals surface area (Å²) in [6, 6.07) is 2.65. The average molecular weight is 323 g/mol. The maximum atomic E-state index is 12.8. The van der Waals surface area contributed by atoms with Crippen LogP contribution >= 0.6 is 0 Å². The van der Waals surface area contributed by atoms with Gasteiger partial charge >= 0.3 is 6.18 Å². The van der Waals surface area contributed by atoms with Gasteiger partial charge in [0.05, 0.1) is 5.56 Å². The quantitative estimate of drug-likeness (QED) is 0.797. The second-order valence-corrected chi connectivity index (χ2v) is 4.41. The average Bonchev–Trinajstić information content (AvgIpc) is 3.15. The van der Waals surface area contributed by atoms with E-state index >= 15 is 0 Å². The molecule has 0 spiro atoms. The lowest BCUT2D eigenvalue weighted by Crippen LogP contribution is -2.04. The first-order valence-electron chi connectivity index (χ1n) is 6.19. The topological polar surface area (TPSA) is 89.9 Å². The first-order valence-corrected chi connectivity index (χ1v) is 6.19. The molecule has 0 saturated carbocycles. The summed E-state index contributed by atoms with van der Waals surface area (Å²) in [5.74, 6) is -0.257. The molecule has 0 radical (unpaired) electrons. The van der Waals surface area contributed by atoms with Crippen LogP contribution in [0.1, 0.15) is 11.5 Å². The monoisotopic (exact) mass is 323 g/mol. The van der Waals surface area contributed by atoms with Gasteiger partial charge in [0.2, 0.25) is 12.3 Å². The lowest BCUT2D eigenvalue weighted by molar-refractivity contribution is -0.137. The van der Waals surface area contributed by atoms with Crippen LogP contribution in [0, 0.1) is 0 Å². The van der Waals surface area contributed by atoms with E-state index in [1.54, 1.807) is 0 Å². The van der Waals surface area contributed by atoms with Crippen LogP contribution in [0.3, 0.4) is 0 Å². The summed E-state index contributed by atoms with van der Waals surface area (Å²) in [7, 11) is 0. The largest absolute Gasteiger partial charge is 0.508 e. The minimum atomic E-state index is -4.58. The van der Waals surface area contributed by atoms with E-state index in [-0.39, 0.29) is 17.3 Å². The smallest absolute Gasteiger partial charge is 0.416 e. The van der Waals surface area contributed by atoms with Gasteiger partial charge in [-0.25, -0.2) is 9.67 Å². The number of hydrogen-bond donors (Lipinski definition) is 1. The van der Waals surface area contributed by atoms with Crippen LogP contribution in [0.2, 0.25) is 0 Å². The van der Waals surface area contributed by atoms with Gasteiger partial charge in [-0.15, -0.1) is 15.3 Å². The summed E-state index contributed by atoms with van der Waals surface area (Å²) in [5.41, 5.74) is -0.937. The Morgan fingerprint density at radius 1 is 1.22 bits per heavy atom. The standard InChI is InChI=1S/C13H8F3N5O2/c14-13(15,16)9-3-8(4-10(22)5-9)12-17-6-21(20-12)2-1-11-19-18-7-23-11/h1-7,22H. The van der Waals surface area contributed by atoms with E-state index in [1.807, 2.05) is 0 Å². The van der Waals surface area contributed by atoms with Gasteiger partial charge in [-0.2, -0.15) is 13.2 Å². The molecule has 0 aliphatic carbocycles. The zero-order valence-electron chi connectivity index (χ0n) is 11.3. The summed E-state index contributed by atoms with van der Waals surface area (Å²) >= 11 is 0. The van der Waals surface area contributed by atoms with Crippen molar-refractivity contribution in [2.75, 3.05) is 0 Å². The molecular weight excluding hydrogens is 315 g/mol. The highest BCUT2D eigenvalue weighted by molar-refractivity contribution is 5.60. The lowest BCUT2D eigenvalue weighted by Gasteiger charge is -2.08. The molecule has 0 aliphatic rings. The Morgan fingerprint density at radius 2 is 2.04 bits per heavy atom. The van der Waals surface area contributed by atoms with Crippen molar-refractivity contribution in [3.05, 3.63) is 42.4 Å². The Kier molecular flexibility index (Phi) is 3.56. The molecule has 7 nitrogen and oxygen atoms in total. The van der Waals surface area contributed by atoms with Gasteiger partial charge < -0.3 is 9.52 Å². The van der Waals surface area contributed by atoms with Crippen molar-refractivity contribution in [3.63, 3.8) is 0 Å². The van der Waals surface area contributed by atoms with Gasteiger partial charge in [-0.3, -0.25) is 0 Å². The van der Waals surface area contributed by atoms with E-state index in [0.717, 1.165) is 18.5 Å². The Morgan fingerprint density at radius 3 is 2.74 bits per heavy atom. The van der Waals surface area contributed by atoms with Crippen molar-refractivity contribution < 1.29 is 22.7 Å². The molecule has 0 aliphatic heterocycles. The molecule has 0 unspecified atom stereocenters. The minimum Gasteiger partial charge on any atom is -0.508 e. The van der Waals surface area contributed by atoms with Crippen molar-refractivity contribution in [2.24, 2.45) is 0 Å². The normalized spacial score (nSPS) is 12.1. The SMILES string of the molecule is Oc1cc(-c2ncn(C=Cc3nnco3)n2)cc(C(F)(F)F)c1. The fourth-order valence-electron chi connectivity index (χ4n) is 1.78. The Labute approximate surface area is 126 Å². The third kappa shape index (κ3) is 3.36. The fraction of sp³-hybridized carbons (Fsp3) is 0.0769. The summed E-state index contributed by atoms with van der Waals surface area (Å²) in [4.78, 5) is 3.91. The first-order chi connectivity index (χ1) is 10.9. The summed E-state index contributed by atoms with van der Waals surface area (Å²) < 4.78 is 44.4. The van der Waals surface area contributed by atoms with Gasteiger partial charge in [0, 0.05) is 17.8 Å². The number of halogens is 3. The molecule has 3 aromatic rings. The van der Waals surface area contributed by atoms with E-state index in [9.17, 15) is 18.3 Å². The molecule has 1 aromatic carbocycles. The van der Waals surface area contributed by atoms with Crippen molar-refractivity contribution in [2.45, 2.75) is 6.18 Å². The maximum absolute atomic E-state index is 12.8. The molecule has 0 bridgehead atoms. The van der Waals surface area contributed by atoms with E-state index < -0.39 is 17.5 Å². The van der Waals surface area contributed by atoms with Crippen LogP contribution in [-0.2, 0) is 6.18 Å². The molecule has 23 heavy (non-hydrogen) atoms. The zero-order valence-corrected chi connectivity index (χ0v) is 11.3. The predicted octanol–water partition coefficient (Wildman–Crippen LogP) is 2.68. The number of alkyl halides is 3. The molecule has 2 heterocycles. The van der Waals surface area contributed by atoms with Crippen molar-refractivity contribution in [1.29, 1.82) is 0 Å². The Hall–Kier alpha value is -3.17. The van der Waals surface area contributed by atoms with Crippen LogP contribution in [0.25, 0.3) is 23.7 Å². The number of benzene rings is 1. The number of nitrogens with zero attached hydrogens (tertiary/aromatic N) is 5. The van der Waals surface area contributed by atoms with Crippen LogP contribution in [0.5, 0.6) is 5.75 Å². The van der Waals surface area contributed by atoms with Crippen LogP contribution in [0.4, 0.5) is 13.2 Å². The van der Waals surface area contributed by atoms with E-state index in [0.29, 0.717) is 6.07 Å². The first kappa shape index (κ1) is 14.8. The Balaban J connectivity index is 1.90. The van der Waals surface area contributed by atoms with Crippen molar-refractivity contribution in [3.8, 4) is 17.1 Å². The van der Waals surface area contributed by atoms with E-state index in [1.165, 1.54) is 23.3 Å². The molecule has 0 saturated heterocycles. The van der Waals surface area contributed by atoms with Crippen LogP contribution in [0.15, 0.2) is 35.3 Å². The summed E-state index contributed by atoms with van der Waals surface area (Å²) in [6.45, 7) is 0. The molecule has 10 heteroatoms. The molecule has 118 valence electrons. The molecule has 3 rings (SSSR count). The van der Waals surface area contributed by atoms with Gasteiger partial charge in [-0.1, -0.05) is 0 Å². The van der Waals surface area contributed by atoms with Gasteiger partial charge in [0.25, 0.3) is 0 Å².